The van der Waals surface area contributed by atoms with E-state index in [1.54, 1.807) is 6.92 Å². The number of nitro groups is 1. The summed E-state index contributed by atoms with van der Waals surface area (Å²) in [7, 11) is 0. The number of rotatable bonds is 5. The summed E-state index contributed by atoms with van der Waals surface area (Å²) < 4.78 is 0. The van der Waals surface area contributed by atoms with Crippen LogP contribution >= 0.6 is 0 Å². The van der Waals surface area contributed by atoms with Crippen LogP contribution < -0.4 is 10.6 Å². The molecule has 1 atom stereocenters. The standard InChI is InChI=1S/C13H14N4O3/c1-8(13(18)16-10-2-3-10)15-12-5-4-11(17(19)20)6-9(12)7-14/h4-6,8,10,15H,2-3H2,1H3,(H,16,18). The number of hydrogen-bond donors (Lipinski definition) is 2. The smallest absolute Gasteiger partial charge is 0.270 e. The minimum Gasteiger partial charge on any atom is -0.373 e. The van der Waals surface area contributed by atoms with E-state index in [1.165, 1.54) is 18.2 Å². The number of non-ortho nitro benzene ring substituents is 1. The zero-order valence-electron chi connectivity index (χ0n) is 10.9. The molecule has 1 aliphatic carbocycles. The van der Waals surface area contributed by atoms with E-state index in [1.807, 2.05) is 6.07 Å². The van der Waals surface area contributed by atoms with E-state index in [2.05, 4.69) is 10.6 Å². The minimum absolute atomic E-state index is 0.144. The number of anilines is 1. The Labute approximate surface area is 115 Å². The van der Waals surface area contributed by atoms with Crippen LogP contribution in [-0.2, 0) is 4.79 Å². The number of nitrogens with zero attached hydrogens (tertiary/aromatic N) is 2. The summed E-state index contributed by atoms with van der Waals surface area (Å²) in [6.07, 6.45) is 2.00. The summed E-state index contributed by atoms with van der Waals surface area (Å²) in [6.45, 7) is 1.68. The van der Waals surface area contributed by atoms with Crippen molar-refractivity contribution < 1.29 is 9.72 Å². The van der Waals surface area contributed by atoms with Crippen LogP contribution in [0.2, 0.25) is 0 Å². The van der Waals surface area contributed by atoms with Crippen LogP contribution in [-0.4, -0.2) is 22.9 Å². The largest absolute Gasteiger partial charge is 0.373 e. The van der Waals surface area contributed by atoms with E-state index in [-0.39, 0.29) is 23.2 Å². The van der Waals surface area contributed by atoms with Gasteiger partial charge in [-0.15, -0.1) is 0 Å². The van der Waals surface area contributed by atoms with Crippen molar-refractivity contribution in [3.63, 3.8) is 0 Å². The van der Waals surface area contributed by atoms with Crippen molar-refractivity contribution in [3.8, 4) is 6.07 Å². The highest BCUT2D eigenvalue weighted by Gasteiger charge is 2.25. The fourth-order valence-corrected chi connectivity index (χ4v) is 1.72. The van der Waals surface area contributed by atoms with Gasteiger partial charge in [-0.3, -0.25) is 14.9 Å². The summed E-state index contributed by atoms with van der Waals surface area (Å²) in [5.74, 6) is -0.144. The number of carbonyl (C=O) groups is 1. The number of amides is 1. The molecule has 0 spiro atoms. The first-order valence-corrected chi connectivity index (χ1v) is 6.26. The molecule has 0 aliphatic heterocycles. The predicted molar refractivity (Wildman–Crippen MR) is 72.1 cm³/mol. The van der Waals surface area contributed by atoms with Crippen molar-refractivity contribution in [2.45, 2.75) is 31.8 Å². The molecule has 7 heteroatoms. The highest BCUT2D eigenvalue weighted by Crippen LogP contribution is 2.22. The van der Waals surface area contributed by atoms with E-state index >= 15 is 0 Å². The van der Waals surface area contributed by atoms with Gasteiger partial charge < -0.3 is 10.6 Å². The maximum atomic E-state index is 11.8. The molecular weight excluding hydrogens is 260 g/mol. The van der Waals surface area contributed by atoms with Crippen LogP contribution in [0.3, 0.4) is 0 Å². The Kier molecular flexibility index (Phi) is 3.84. The average molecular weight is 274 g/mol. The third kappa shape index (κ3) is 3.23. The number of hydrogen-bond acceptors (Lipinski definition) is 5. The van der Waals surface area contributed by atoms with Crippen LogP contribution in [0.1, 0.15) is 25.3 Å². The molecule has 7 nitrogen and oxygen atoms in total. The zero-order chi connectivity index (χ0) is 14.7. The Morgan fingerprint density at radius 2 is 2.25 bits per heavy atom. The van der Waals surface area contributed by atoms with Gasteiger partial charge in [0.05, 0.1) is 16.2 Å². The van der Waals surface area contributed by atoms with Gasteiger partial charge in [-0.05, 0) is 25.8 Å². The molecule has 2 rings (SSSR count). The fourth-order valence-electron chi connectivity index (χ4n) is 1.72. The Morgan fingerprint density at radius 1 is 1.55 bits per heavy atom. The van der Waals surface area contributed by atoms with E-state index in [0.717, 1.165) is 12.8 Å². The van der Waals surface area contributed by atoms with E-state index < -0.39 is 11.0 Å². The van der Waals surface area contributed by atoms with Gasteiger partial charge in [-0.2, -0.15) is 5.26 Å². The number of nitrogens with one attached hydrogen (secondary N) is 2. The summed E-state index contributed by atoms with van der Waals surface area (Å²) in [5.41, 5.74) is 0.406. The molecule has 2 N–H and O–H groups in total. The molecule has 1 aliphatic rings. The van der Waals surface area contributed by atoms with E-state index in [0.29, 0.717) is 5.69 Å². The topological polar surface area (TPSA) is 108 Å². The molecule has 1 fully saturated rings. The van der Waals surface area contributed by atoms with Gasteiger partial charge in [0.1, 0.15) is 12.1 Å². The van der Waals surface area contributed by atoms with Crippen molar-refractivity contribution in [1.82, 2.24) is 5.32 Å². The molecule has 0 radical (unpaired) electrons. The highest BCUT2D eigenvalue weighted by atomic mass is 16.6. The summed E-state index contributed by atoms with van der Waals surface area (Å²) in [5, 5.41) is 25.4. The number of nitro benzene ring substituents is 1. The van der Waals surface area contributed by atoms with Gasteiger partial charge in [0.25, 0.3) is 5.69 Å². The summed E-state index contributed by atoms with van der Waals surface area (Å²) in [6, 6.07) is 5.57. The predicted octanol–water partition coefficient (Wildman–Crippen LogP) is 1.55. The van der Waals surface area contributed by atoms with Gasteiger partial charge in [-0.1, -0.05) is 0 Å². The van der Waals surface area contributed by atoms with Crippen LogP contribution in [0.5, 0.6) is 0 Å². The zero-order valence-corrected chi connectivity index (χ0v) is 10.9. The number of benzene rings is 1. The first-order chi connectivity index (χ1) is 9.51. The monoisotopic (exact) mass is 274 g/mol. The third-order valence-corrected chi connectivity index (χ3v) is 3.02. The molecular formula is C13H14N4O3. The molecule has 20 heavy (non-hydrogen) atoms. The lowest BCUT2D eigenvalue weighted by molar-refractivity contribution is -0.384. The molecule has 0 heterocycles. The second-order valence-corrected chi connectivity index (χ2v) is 4.75. The first-order valence-electron chi connectivity index (χ1n) is 6.26. The Bertz CT molecular complexity index is 590. The van der Waals surface area contributed by atoms with Gasteiger partial charge in [-0.25, -0.2) is 0 Å². The maximum Gasteiger partial charge on any atom is 0.270 e. The lowest BCUT2D eigenvalue weighted by atomic mass is 10.1. The molecule has 1 aromatic carbocycles. The van der Waals surface area contributed by atoms with Gasteiger partial charge in [0.15, 0.2) is 0 Å². The van der Waals surface area contributed by atoms with Crippen molar-refractivity contribution >= 4 is 17.3 Å². The van der Waals surface area contributed by atoms with Crippen LogP contribution in [0.4, 0.5) is 11.4 Å². The molecule has 1 unspecified atom stereocenters. The van der Waals surface area contributed by atoms with Gasteiger partial charge in [0, 0.05) is 18.2 Å². The molecule has 104 valence electrons. The highest BCUT2D eigenvalue weighted by molar-refractivity contribution is 5.85. The van der Waals surface area contributed by atoms with Crippen molar-refractivity contribution in [3.05, 3.63) is 33.9 Å². The molecule has 0 saturated heterocycles. The maximum absolute atomic E-state index is 11.8. The molecule has 0 bridgehead atoms. The first kappa shape index (κ1) is 13.8. The van der Waals surface area contributed by atoms with Crippen molar-refractivity contribution in [2.24, 2.45) is 0 Å². The van der Waals surface area contributed by atoms with Crippen LogP contribution in [0, 0.1) is 21.4 Å². The van der Waals surface area contributed by atoms with Crippen LogP contribution in [0.25, 0.3) is 0 Å². The Hall–Kier alpha value is -2.62. The third-order valence-electron chi connectivity index (χ3n) is 3.02. The Morgan fingerprint density at radius 3 is 2.80 bits per heavy atom. The quantitative estimate of drug-likeness (QED) is 0.625. The normalized spacial score (nSPS) is 15.0. The SMILES string of the molecule is CC(Nc1ccc([N+](=O)[O-])cc1C#N)C(=O)NC1CC1. The molecule has 1 amide bonds. The van der Waals surface area contributed by atoms with Crippen LogP contribution in [0.15, 0.2) is 18.2 Å². The average Bonchev–Trinajstić information content (AvgIpc) is 3.22. The van der Waals surface area contributed by atoms with Crippen molar-refractivity contribution in [1.29, 1.82) is 5.26 Å². The number of carbonyl (C=O) groups excluding carboxylic acids is 1. The lowest BCUT2D eigenvalue weighted by Gasteiger charge is -2.15. The fraction of sp³-hybridized carbons (Fsp3) is 0.385. The molecule has 0 aromatic heterocycles. The van der Waals surface area contributed by atoms with E-state index in [4.69, 9.17) is 5.26 Å². The van der Waals surface area contributed by atoms with Crippen molar-refractivity contribution in [2.75, 3.05) is 5.32 Å². The summed E-state index contributed by atoms with van der Waals surface area (Å²) in [4.78, 5) is 21.9. The second-order valence-electron chi connectivity index (χ2n) is 4.75. The Balaban J connectivity index is 2.09. The minimum atomic E-state index is -0.562. The summed E-state index contributed by atoms with van der Waals surface area (Å²) >= 11 is 0. The van der Waals surface area contributed by atoms with E-state index in [9.17, 15) is 14.9 Å². The lowest BCUT2D eigenvalue weighted by Crippen LogP contribution is -2.38. The molecule has 1 saturated carbocycles. The van der Waals surface area contributed by atoms with Gasteiger partial charge in [0.2, 0.25) is 5.91 Å². The molecule has 1 aromatic rings. The van der Waals surface area contributed by atoms with Gasteiger partial charge >= 0.3 is 0 Å². The second kappa shape index (κ2) is 5.57. The number of nitriles is 1.